The fourth-order valence-corrected chi connectivity index (χ4v) is 3.34. The maximum absolute atomic E-state index is 6.39. The zero-order chi connectivity index (χ0) is 14.7. The minimum Gasteiger partial charge on any atom is -0.327 e. The first-order chi connectivity index (χ1) is 10.3. The van der Waals surface area contributed by atoms with Gasteiger partial charge < -0.3 is 5.73 Å². The third kappa shape index (κ3) is 3.18. The van der Waals surface area contributed by atoms with Crippen LogP contribution in [0.5, 0.6) is 0 Å². The Labute approximate surface area is 126 Å². The van der Waals surface area contributed by atoms with Crippen molar-refractivity contribution >= 4 is 10.9 Å². The minimum absolute atomic E-state index is 0.179. The van der Waals surface area contributed by atoms with E-state index in [0.717, 1.165) is 25.1 Å². The molecule has 2 aromatic rings. The number of hydrogen-bond donors (Lipinski definition) is 1. The SMILES string of the molecule is CCn1nc(CC(N)CC2=CCCCC2)c2ccccc21. The summed E-state index contributed by atoms with van der Waals surface area (Å²) in [6.45, 7) is 3.04. The summed E-state index contributed by atoms with van der Waals surface area (Å²) in [6, 6.07) is 8.65. The fourth-order valence-electron chi connectivity index (χ4n) is 3.34. The second-order valence-electron chi connectivity index (χ2n) is 6.06. The molecule has 1 aliphatic rings. The molecular formula is C18H25N3. The molecule has 3 rings (SSSR count). The highest BCUT2D eigenvalue weighted by atomic mass is 15.3. The van der Waals surface area contributed by atoms with E-state index in [-0.39, 0.29) is 6.04 Å². The number of rotatable bonds is 5. The molecule has 0 aliphatic heterocycles. The average Bonchev–Trinajstić information content (AvgIpc) is 2.86. The topological polar surface area (TPSA) is 43.8 Å². The Hall–Kier alpha value is -1.61. The molecule has 112 valence electrons. The first-order valence-electron chi connectivity index (χ1n) is 8.16. The van der Waals surface area contributed by atoms with E-state index in [2.05, 4.69) is 41.9 Å². The van der Waals surface area contributed by atoms with Gasteiger partial charge >= 0.3 is 0 Å². The molecule has 1 aromatic heterocycles. The third-order valence-corrected chi connectivity index (χ3v) is 4.40. The largest absolute Gasteiger partial charge is 0.327 e. The van der Waals surface area contributed by atoms with Gasteiger partial charge in [-0.1, -0.05) is 29.8 Å². The van der Waals surface area contributed by atoms with Gasteiger partial charge in [-0.2, -0.15) is 5.10 Å². The van der Waals surface area contributed by atoms with E-state index in [1.54, 1.807) is 5.57 Å². The Morgan fingerprint density at radius 2 is 2.10 bits per heavy atom. The summed E-state index contributed by atoms with van der Waals surface area (Å²) in [5.74, 6) is 0. The van der Waals surface area contributed by atoms with Crippen molar-refractivity contribution in [2.45, 2.75) is 58.0 Å². The molecule has 3 nitrogen and oxygen atoms in total. The van der Waals surface area contributed by atoms with Crippen molar-refractivity contribution in [3.8, 4) is 0 Å². The number of nitrogens with two attached hydrogens (primary N) is 1. The van der Waals surface area contributed by atoms with Gasteiger partial charge in [0, 0.05) is 24.4 Å². The van der Waals surface area contributed by atoms with Crippen LogP contribution >= 0.6 is 0 Å². The highest BCUT2D eigenvalue weighted by Crippen LogP contribution is 2.24. The van der Waals surface area contributed by atoms with Gasteiger partial charge in [0.2, 0.25) is 0 Å². The second-order valence-corrected chi connectivity index (χ2v) is 6.06. The van der Waals surface area contributed by atoms with E-state index >= 15 is 0 Å². The standard InChI is InChI=1S/C18H25N3/c1-2-21-18-11-7-6-10-16(18)17(20-21)13-15(19)12-14-8-4-3-5-9-14/h6-8,10-11,15H,2-5,9,12-13,19H2,1H3. The zero-order valence-corrected chi connectivity index (χ0v) is 12.9. The smallest absolute Gasteiger partial charge is 0.0718 e. The summed E-state index contributed by atoms with van der Waals surface area (Å²) in [4.78, 5) is 0. The van der Waals surface area contributed by atoms with Gasteiger partial charge in [0.1, 0.15) is 0 Å². The van der Waals surface area contributed by atoms with Crippen LogP contribution in [0.4, 0.5) is 0 Å². The molecule has 3 heteroatoms. The average molecular weight is 283 g/mol. The molecule has 1 unspecified atom stereocenters. The van der Waals surface area contributed by atoms with Crippen LogP contribution in [-0.2, 0) is 13.0 Å². The molecule has 0 saturated heterocycles. The van der Waals surface area contributed by atoms with Crippen LogP contribution in [0.25, 0.3) is 10.9 Å². The predicted molar refractivity (Wildman–Crippen MR) is 88.3 cm³/mol. The van der Waals surface area contributed by atoms with Crippen molar-refractivity contribution in [3.63, 3.8) is 0 Å². The summed E-state index contributed by atoms with van der Waals surface area (Å²) in [5, 5.41) is 6.01. The molecule has 1 aromatic carbocycles. The van der Waals surface area contributed by atoms with E-state index in [4.69, 9.17) is 10.8 Å². The lowest BCUT2D eigenvalue weighted by Gasteiger charge is -2.16. The van der Waals surface area contributed by atoms with Gasteiger partial charge in [-0.15, -0.1) is 0 Å². The molecule has 0 bridgehead atoms. The Morgan fingerprint density at radius 3 is 2.86 bits per heavy atom. The maximum Gasteiger partial charge on any atom is 0.0718 e. The monoisotopic (exact) mass is 283 g/mol. The lowest BCUT2D eigenvalue weighted by atomic mass is 9.93. The Bertz CT molecular complexity index is 639. The molecule has 2 N–H and O–H groups in total. The van der Waals surface area contributed by atoms with Crippen LogP contribution in [0.2, 0.25) is 0 Å². The number of allylic oxidation sites excluding steroid dienone is 1. The van der Waals surface area contributed by atoms with Gasteiger partial charge in [0.05, 0.1) is 11.2 Å². The van der Waals surface area contributed by atoms with E-state index in [0.29, 0.717) is 0 Å². The highest BCUT2D eigenvalue weighted by molar-refractivity contribution is 5.82. The van der Waals surface area contributed by atoms with Crippen LogP contribution in [0.15, 0.2) is 35.9 Å². The molecule has 1 aliphatic carbocycles. The number of aromatic nitrogens is 2. The molecule has 1 heterocycles. The Balaban J connectivity index is 1.76. The molecule has 1 atom stereocenters. The van der Waals surface area contributed by atoms with E-state index in [1.807, 2.05) is 0 Å². The number of fused-ring (bicyclic) bond motifs is 1. The van der Waals surface area contributed by atoms with Crippen molar-refractivity contribution in [2.24, 2.45) is 5.73 Å². The van der Waals surface area contributed by atoms with Crippen LogP contribution < -0.4 is 5.73 Å². The lowest BCUT2D eigenvalue weighted by Crippen LogP contribution is -2.24. The number of aryl methyl sites for hydroxylation is 1. The molecule has 0 fully saturated rings. The van der Waals surface area contributed by atoms with Gasteiger partial charge in [-0.05, 0) is 45.1 Å². The quantitative estimate of drug-likeness (QED) is 0.848. The van der Waals surface area contributed by atoms with Crippen molar-refractivity contribution in [2.75, 3.05) is 0 Å². The minimum atomic E-state index is 0.179. The van der Waals surface area contributed by atoms with Gasteiger partial charge in [0.15, 0.2) is 0 Å². The van der Waals surface area contributed by atoms with E-state index in [1.165, 1.54) is 36.6 Å². The van der Waals surface area contributed by atoms with Crippen LogP contribution in [0, 0.1) is 0 Å². The van der Waals surface area contributed by atoms with Crippen molar-refractivity contribution in [1.82, 2.24) is 9.78 Å². The molecule has 0 spiro atoms. The summed E-state index contributed by atoms with van der Waals surface area (Å²) < 4.78 is 2.08. The lowest BCUT2D eigenvalue weighted by molar-refractivity contribution is 0.590. The third-order valence-electron chi connectivity index (χ3n) is 4.40. The number of hydrogen-bond acceptors (Lipinski definition) is 2. The highest BCUT2D eigenvalue weighted by Gasteiger charge is 2.14. The summed E-state index contributed by atoms with van der Waals surface area (Å²) >= 11 is 0. The first-order valence-corrected chi connectivity index (χ1v) is 8.16. The molecule has 21 heavy (non-hydrogen) atoms. The van der Waals surface area contributed by atoms with Crippen molar-refractivity contribution in [1.29, 1.82) is 0 Å². The predicted octanol–water partition coefficient (Wildman–Crippen LogP) is 3.82. The summed E-state index contributed by atoms with van der Waals surface area (Å²) in [6.07, 6.45) is 9.41. The fraction of sp³-hybridized carbons (Fsp3) is 0.500. The molecule has 0 radical (unpaired) electrons. The van der Waals surface area contributed by atoms with Gasteiger partial charge in [0.25, 0.3) is 0 Å². The number of benzene rings is 1. The Morgan fingerprint density at radius 1 is 1.24 bits per heavy atom. The van der Waals surface area contributed by atoms with E-state index in [9.17, 15) is 0 Å². The maximum atomic E-state index is 6.39. The van der Waals surface area contributed by atoms with E-state index < -0.39 is 0 Å². The first kappa shape index (κ1) is 14.3. The number of nitrogens with zero attached hydrogens (tertiary/aromatic N) is 2. The Kier molecular flexibility index (Phi) is 4.39. The normalized spacial score (nSPS) is 17.0. The van der Waals surface area contributed by atoms with Crippen LogP contribution in [0.1, 0.15) is 44.7 Å². The molecular weight excluding hydrogens is 258 g/mol. The van der Waals surface area contributed by atoms with Crippen LogP contribution in [0.3, 0.4) is 0 Å². The summed E-state index contributed by atoms with van der Waals surface area (Å²) in [7, 11) is 0. The second kappa shape index (κ2) is 6.44. The number of para-hydroxylation sites is 1. The molecule has 0 saturated carbocycles. The van der Waals surface area contributed by atoms with Gasteiger partial charge in [-0.3, -0.25) is 4.68 Å². The van der Waals surface area contributed by atoms with Crippen molar-refractivity contribution < 1.29 is 0 Å². The van der Waals surface area contributed by atoms with Crippen LogP contribution in [-0.4, -0.2) is 15.8 Å². The van der Waals surface area contributed by atoms with Gasteiger partial charge in [-0.25, -0.2) is 0 Å². The van der Waals surface area contributed by atoms with Crippen molar-refractivity contribution in [3.05, 3.63) is 41.6 Å². The summed E-state index contributed by atoms with van der Waals surface area (Å²) in [5.41, 5.74) is 10.3. The molecule has 0 amide bonds. The zero-order valence-electron chi connectivity index (χ0n) is 12.9.